The number of hydrogen-bond donors (Lipinski definition) is 2. The Hall–Kier alpha value is -1.04. The van der Waals surface area contributed by atoms with Crippen LogP contribution in [0, 0.1) is 0 Å². The number of aromatic nitrogens is 2. The Bertz CT molecular complexity index is 480. The quantitative estimate of drug-likeness (QED) is 0.851. The van der Waals surface area contributed by atoms with Gasteiger partial charge in [-0.05, 0) is 18.6 Å². The number of benzene rings is 1. The van der Waals surface area contributed by atoms with Crippen molar-refractivity contribution in [3.05, 3.63) is 24.3 Å². The second-order valence-electron chi connectivity index (χ2n) is 4.24. The first-order valence-electron chi connectivity index (χ1n) is 5.77. The number of fused-ring (bicyclic) bond motifs is 1. The zero-order chi connectivity index (χ0) is 11.7. The van der Waals surface area contributed by atoms with E-state index in [1.54, 1.807) is 11.8 Å². The molecule has 1 aliphatic heterocycles. The van der Waals surface area contributed by atoms with Crippen molar-refractivity contribution in [1.29, 1.82) is 0 Å². The normalized spacial score (nSPS) is 25.2. The topological polar surface area (TPSA) is 63.9 Å². The number of rotatable bonds is 2. The minimum atomic E-state index is 0.196. The van der Waals surface area contributed by atoms with Crippen LogP contribution in [-0.4, -0.2) is 34.5 Å². The average molecular weight is 249 g/mol. The molecule has 1 aromatic heterocycles. The fourth-order valence-electron chi connectivity index (χ4n) is 1.98. The van der Waals surface area contributed by atoms with Gasteiger partial charge >= 0.3 is 0 Å². The fourth-order valence-corrected chi connectivity index (χ4v) is 3.06. The third-order valence-electron chi connectivity index (χ3n) is 2.99. The van der Waals surface area contributed by atoms with Gasteiger partial charge < -0.3 is 15.5 Å². The highest BCUT2D eigenvalue weighted by Gasteiger charge is 2.24. The van der Waals surface area contributed by atoms with Crippen LogP contribution >= 0.6 is 11.8 Å². The Kier molecular flexibility index (Phi) is 3.05. The summed E-state index contributed by atoms with van der Waals surface area (Å²) in [5.74, 6) is 0. The lowest BCUT2D eigenvalue weighted by Crippen LogP contribution is -2.40. The third-order valence-corrected chi connectivity index (χ3v) is 4.19. The molecule has 2 unspecified atom stereocenters. The van der Waals surface area contributed by atoms with E-state index in [2.05, 4.69) is 9.97 Å². The number of thioether (sulfide) groups is 1. The zero-order valence-electron chi connectivity index (χ0n) is 9.43. The molecule has 2 aromatic rings. The molecule has 0 aliphatic carbocycles. The zero-order valence-corrected chi connectivity index (χ0v) is 10.2. The molecule has 1 aromatic carbocycles. The maximum Gasteiger partial charge on any atom is 0.166 e. The first-order chi connectivity index (χ1) is 8.33. The lowest BCUT2D eigenvalue weighted by atomic mass is 10.1. The van der Waals surface area contributed by atoms with E-state index in [1.165, 1.54) is 0 Å². The van der Waals surface area contributed by atoms with E-state index < -0.39 is 0 Å². The lowest BCUT2D eigenvalue weighted by Gasteiger charge is -2.27. The molecule has 3 rings (SSSR count). The van der Waals surface area contributed by atoms with Gasteiger partial charge in [-0.3, -0.25) is 0 Å². The van der Waals surface area contributed by atoms with Crippen LogP contribution in [0.25, 0.3) is 11.0 Å². The van der Waals surface area contributed by atoms with Crippen molar-refractivity contribution in [3.8, 4) is 0 Å². The van der Waals surface area contributed by atoms with Gasteiger partial charge in [0.1, 0.15) is 0 Å². The molecule has 0 saturated carbocycles. The fraction of sp³-hybridized carbons (Fsp3) is 0.417. The number of H-pyrrole nitrogens is 1. The summed E-state index contributed by atoms with van der Waals surface area (Å²) in [6, 6.07) is 8.23. The molecule has 17 heavy (non-hydrogen) atoms. The van der Waals surface area contributed by atoms with Crippen molar-refractivity contribution in [3.63, 3.8) is 0 Å². The maximum atomic E-state index is 6.08. The van der Waals surface area contributed by atoms with Crippen molar-refractivity contribution in [2.45, 2.75) is 22.9 Å². The highest BCUT2D eigenvalue weighted by molar-refractivity contribution is 7.99. The molecule has 4 nitrogen and oxygen atoms in total. The summed E-state index contributed by atoms with van der Waals surface area (Å²) in [6.07, 6.45) is 0.928. The summed E-state index contributed by atoms with van der Waals surface area (Å²) in [5, 5.41) is 1.22. The number of nitrogens with zero attached hydrogens (tertiary/aromatic N) is 1. The summed E-state index contributed by atoms with van der Waals surface area (Å²) >= 11 is 1.68. The van der Waals surface area contributed by atoms with Crippen LogP contribution in [0.4, 0.5) is 0 Å². The van der Waals surface area contributed by atoms with Gasteiger partial charge in [-0.25, -0.2) is 4.98 Å². The molecule has 0 spiro atoms. The van der Waals surface area contributed by atoms with Crippen LogP contribution in [0.2, 0.25) is 0 Å². The first-order valence-corrected chi connectivity index (χ1v) is 6.65. The van der Waals surface area contributed by atoms with Gasteiger partial charge in [0.2, 0.25) is 0 Å². The molecule has 3 N–H and O–H groups in total. The number of ether oxygens (including phenoxy) is 1. The van der Waals surface area contributed by atoms with Crippen LogP contribution in [0.1, 0.15) is 6.42 Å². The van der Waals surface area contributed by atoms with Crippen molar-refractivity contribution < 1.29 is 4.74 Å². The van der Waals surface area contributed by atoms with Crippen LogP contribution in [0.15, 0.2) is 29.4 Å². The van der Waals surface area contributed by atoms with Crippen LogP contribution in [0.5, 0.6) is 0 Å². The second-order valence-corrected chi connectivity index (χ2v) is 5.47. The Morgan fingerprint density at radius 1 is 1.41 bits per heavy atom. The number of hydrogen-bond acceptors (Lipinski definition) is 4. The van der Waals surface area contributed by atoms with E-state index in [0.717, 1.165) is 29.2 Å². The van der Waals surface area contributed by atoms with Crippen molar-refractivity contribution >= 4 is 22.8 Å². The standard InChI is InChI=1S/C12H15N3OS/c13-8-5-6-16-7-11(8)17-12-14-9-3-1-2-4-10(9)15-12/h1-4,8,11H,5-7,13H2,(H,14,15). The van der Waals surface area contributed by atoms with Crippen LogP contribution in [-0.2, 0) is 4.74 Å². The molecule has 5 heteroatoms. The molecule has 0 bridgehead atoms. The second kappa shape index (κ2) is 4.68. The van der Waals surface area contributed by atoms with Gasteiger partial charge in [0, 0.05) is 12.6 Å². The van der Waals surface area contributed by atoms with Crippen LogP contribution in [0.3, 0.4) is 0 Å². The largest absolute Gasteiger partial charge is 0.380 e. The molecule has 2 atom stereocenters. The number of nitrogens with two attached hydrogens (primary N) is 1. The molecule has 90 valence electrons. The number of nitrogens with one attached hydrogen (secondary N) is 1. The molecule has 0 amide bonds. The molecule has 0 radical (unpaired) electrons. The summed E-state index contributed by atoms with van der Waals surface area (Å²) in [4.78, 5) is 7.84. The van der Waals surface area contributed by atoms with Gasteiger partial charge in [0.25, 0.3) is 0 Å². The number of aromatic amines is 1. The summed E-state index contributed by atoms with van der Waals surface area (Å²) in [6.45, 7) is 1.49. The lowest BCUT2D eigenvalue weighted by molar-refractivity contribution is 0.0915. The Balaban J connectivity index is 1.79. The third kappa shape index (κ3) is 2.31. The highest BCUT2D eigenvalue weighted by atomic mass is 32.2. The van der Waals surface area contributed by atoms with Crippen LogP contribution < -0.4 is 5.73 Å². The predicted molar refractivity (Wildman–Crippen MR) is 69.2 cm³/mol. The molecule has 1 fully saturated rings. The maximum absolute atomic E-state index is 6.08. The molecule has 2 heterocycles. The monoisotopic (exact) mass is 249 g/mol. The first kappa shape index (κ1) is 11.1. The van der Waals surface area contributed by atoms with E-state index in [0.29, 0.717) is 11.9 Å². The summed E-state index contributed by atoms with van der Waals surface area (Å²) < 4.78 is 5.46. The predicted octanol–water partition coefficient (Wildman–Crippen LogP) is 1.77. The molecule has 1 aliphatic rings. The van der Waals surface area contributed by atoms with E-state index >= 15 is 0 Å². The van der Waals surface area contributed by atoms with Crippen molar-refractivity contribution in [2.75, 3.05) is 13.2 Å². The van der Waals surface area contributed by atoms with E-state index in [4.69, 9.17) is 10.5 Å². The minimum absolute atomic E-state index is 0.196. The van der Waals surface area contributed by atoms with Gasteiger partial charge in [0.05, 0.1) is 22.9 Å². The number of para-hydroxylation sites is 2. The van der Waals surface area contributed by atoms with Gasteiger partial charge in [0.15, 0.2) is 5.16 Å². The highest BCUT2D eigenvalue weighted by Crippen LogP contribution is 2.27. The molecule has 1 saturated heterocycles. The Morgan fingerprint density at radius 2 is 2.29 bits per heavy atom. The van der Waals surface area contributed by atoms with E-state index in [-0.39, 0.29) is 6.04 Å². The SMILES string of the molecule is NC1CCOCC1Sc1nc2ccccc2[nH]1. The Labute approximate surface area is 104 Å². The van der Waals surface area contributed by atoms with E-state index in [1.807, 2.05) is 24.3 Å². The van der Waals surface area contributed by atoms with Gasteiger partial charge in [-0.2, -0.15) is 0 Å². The minimum Gasteiger partial charge on any atom is -0.380 e. The van der Waals surface area contributed by atoms with Gasteiger partial charge in [-0.1, -0.05) is 23.9 Å². The molecular weight excluding hydrogens is 234 g/mol. The van der Waals surface area contributed by atoms with Gasteiger partial charge in [-0.15, -0.1) is 0 Å². The number of imidazole rings is 1. The summed E-state index contributed by atoms with van der Waals surface area (Å²) in [7, 11) is 0. The smallest absolute Gasteiger partial charge is 0.166 e. The van der Waals surface area contributed by atoms with Crippen molar-refractivity contribution in [2.24, 2.45) is 5.73 Å². The molecular formula is C12H15N3OS. The Morgan fingerprint density at radius 3 is 3.12 bits per heavy atom. The summed E-state index contributed by atoms with van der Waals surface area (Å²) in [5.41, 5.74) is 8.15. The van der Waals surface area contributed by atoms with E-state index in [9.17, 15) is 0 Å². The van der Waals surface area contributed by atoms with Crippen molar-refractivity contribution in [1.82, 2.24) is 9.97 Å². The average Bonchev–Trinajstić information content (AvgIpc) is 2.74.